The topological polar surface area (TPSA) is 26.3 Å². The van der Waals surface area contributed by atoms with Crippen molar-refractivity contribution in [2.24, 2.45) is 0 Å². The van der Waals surface area contributed by atoms with E-state index in [0.717, 1.165) is 11.1 Å². The van der Waals surface area contributed by atoms with E-state index in [1.165, 1.54) is 0 Å². The summed E-state index contributed by atoms with van der Waals surface area (Å²) < 4.78 is 53.2. The van der Waals surface area contributed by atoms with Crippen molar-refractivity contribution in [1.82, 2.24) is 0 Å². The molecule has 106 valence electrons. The lowest BCUT2D eigenvalue weighted by Crippen LogP contribution is -2.33. The number of Topliss-reactive ketones (excluding diaryl/α,β-unsaturated/α-hetero) is 1. The largest absolute Gasteiger partial charge is 0.367 e. The highest BCUT2D eigenvalue weighted by Crippen LogP contribution is 2.23. The summed E-state index contributed by atoms with van der Waals surface area (Å²) >= 11 is 0. The summed E-state index contributed by atoms with van der Waals surface area (Å²) in [6.45, 7) is 1.40. The molecule has 1 aromatic carbocycles. The van der Waals surface area contributed by atoms with Crippen LogP contribution in [0.5, 0.6) is 0 Å². The van der Waals surface area contributed by atoms with Gasteiger partial charge in [0.25, 0.3) is 0 Å². The van der Waals surface area contributed by atoms with E-state index >= 15 is 0 Å². The van der Waals surface area contributed by atoms with Gasteiger partial charge in [-0.25, -0.2) is 8.78 Å². The number of ketones is 1. The predicted octanol–water partition coefficient (Wildman–Crippen LogP) is 3.40. The number of hydrogen-bond donors (Lipinski definition) is 0. The number of ether oxygens (including phenoxy) is 1. The van der Waals surface area contributed by atoms with Gasteiger partial charge in [0.1, 0.15) is 13.2 Å². The van der Waals surface area contributed by atoms with Gasteiger partial charge >= 0.3 is 12.3 Å². The molecular formula is C13H14F4O2. The van der Waals surface area contributed by atoms with Gasteiger partial charge in [0.15, 0.2) is 5.78 Å². The first-order valence-corrected chi connectivity index (χ1v) is 5.59. The third-order valence-corrected chi connectivity index (χ3v) is 2.75. The first-order chi connectivity index (χ1) is 8.75. The van der Waals surface area contributed by atoms with Gasteiger partial charge in [-0.1, -0.05) is 18.2 Å². The van der Waals surface area contributed by atoms with Gasteiger partial charge in [-0.05, 0) is 25.0 Å². The Morgan fingerprint density at radius 2 is 1.95 bits per heavy atom. The van der Waals surface area contributed by atoms with E-state index in [0.29, 0.717) is 5.56 Å². The Bertz CT molecular complexity index is 458. The average molecular weight is 278 g/mol. The van der Waals surface area contributed by atoms with Crippen molar-refractivity contribution in [3.63, 3.8) is 0 Å². The number of benzene rings is 1. The zero-order valence-corrected chi connectivity index (χ0v) is 10.6. The second-order valence-electron chi connectivity index (χ2n) is 4.23. The summed E-state index contributed by atoms with van der Waals surface area (Å²) in [5, 5.41) is 0. The molecule has 0 aliphatic carbocycles. The van der Waals surface area contributed by atoms with E-state index in [1.54, 1.807) is 32.0 Å². The van der Waals surface area contributed by atoms with Crippen LogP contribution >= 0.6 is 0 Å². The van der Waals surface area contributed by atoms with E-state index in [2.05, 4.69) is 4.74 Å². The van der Waals surface area contributed by atoms with Crippen LogP contribution in [0.4, 0.5) is 17.6 Å². The Kier molecular flexibility index (Phi) is 5.05. The molecule has 0 saturated heterocycles. The third kappa shape index (κ3) is 4.02. The fourth-order valence-electron chi connectivity index (χ4n) is 1.47. The van der Waals surface area contributed by atoms with E-state index in [1.807, 2.05) is 0 Å². The highest BCUT2D eigenvalue weighted by Gasteiger charge is 2.41. The SMILES string of the molecule is Cc1cccc(C(=O)COCC(F)(F)C(F)F)c1C. The fraction of sp³-hybridized carbons (Fsp3) is 0.462. The lowest BCUT2D eigenvalue weighted by molar-refractivity contribution is -0.163. The Labute approximate surface area is 108 Å². The minimum absolute atomic E-state index is 0.348. The van der Waals surface area contributed by atoms with Crippen molar-refractivity contribution < 1.29 is 27.1 Å². The summed E-state index contributed by atoms with van der Waals surface area (Å²) in [6, 6.07) is 5.00. The molecule has 0 N–H and O–H groups in total. The highest BCUT2D eigenvalue weighted by molar-refractivity contribution is 5.98. The van der Waals surface area contributed by atoms with Crippen LogP contribution in [0.3, 0.4) is 0 Å². The number of hydrogen-bond acceptors (Lipinski definition) is 2. The quantitative estimate of drug-likeness (QED) is 0.589. The smallest absolute Gasteiger partial charge is 0.330 e. The molecule has 0 heterocycles. The highest BCUT2D eigenvalue weighted by atomic mass is 19.3. The number of halogens is 4. The minimum atomic E-state index is -4.23. The van der Waals surface area contributed by atoms with Gasteiger partial charge < -0.3 is 4.74 Å². The molecule has 0 aromatic heterocycles. The number of carbonyl (C=O) groups is 1. The molecule has 0 amide bonds. The summed E-state index contributed by atoms with van der Waals surface area (Å²) in [5.41, 5.74) is 1.95. The summed E-state index contributed by atoms with van der Waals surface area (Å²) in [6.07, 6.45) is -3.80. The normalized spacial score (nSPS) is 11.9. The van der Waals surface area contributed by atoms with Crippen LogP contribution in [0.15, 0.2) is 18.2 Å². The number of alkyl halides is 4. The van der Waals surface area contributed by atoms with Gasteiger partial charge in [0, 0.05) is 5.56 Å². The third-order valence-electron chi connectivity index (χ3n) is 2.75. The lowest BCUT2D eigenvalue weighted by atomic mass is 10.0. The molecule has 0 bridgehead atoms. The van der Waals surface area contributed by atoms with Crippen molar-refractivity contribution in [1.29, 1.82) is 0 Å². The van der Waals surface area contributed by atoms with Crippen molar-refractivity contribution in [3.8, 4) is 0 Å². The van der Waals surface area contributed by atoms with Crippen LogP contribution in [0.1, 0.15) is 21.5 Å². The van der Waals surface area contributed by atoms with E-state index in [-0.39, 0.29) is 0 Å². The maximum atomic E-state index is 12.6. The van der Waals surface area contributed by atoms with E-state index in [9.17, 15) is 22.4 Å². The molecule has 0 spiro atoms. The molecule has 1 rings (SSSR count). The van der Waals surface area contributed by atoms with Crippen molar-refractivity contribution in [3.05, 3.63) is 34.9 Å². The maximum Gasteiger partial charge on any atom is 0.330 e. The van der Waals surface area contributed by atoms with Crippen molar-refractivity contribution >= 4 is 5.78 Å². The molecule has 2 nitrogen and oxygen atoms in total. The van der Waals surface area contributed by atoms with Crippen LogP contribution < -0.4 is 0 Å². The molecule has 19 heavy (non-hydrogen) atoms. The predicted molar refractivity (Wildman–Crippen MR) is 62.0 cm³/mol. The van der Waals surface area contributed by atoms with Crippen molar-refractivity contribution in [2.45, 2.75) is 26.2 Å². The maximum absolute atomic E-state index is 12.6. The zero-order chi connectivity index (χ0) is 14.6. The second-order valence-corrected chi connectivity index (χ2v) is 4.23. The Morgan fingerprint density at radius 3 is 2.53 bits per heavy atom. The first kappa shape index (κ1) is 15.6. The zero-order valence-electron chi connectivity index (χ0n) is 10.6. The lowest BCUT2D eigenvalue weighted by Gasteiger charge is -2.15. The average Bonchev–Trinajstić information content (AvgIpc) is 2.32. The van der Waals surface area contributed by atoms with E-state index < -0.39 is 31.3 Å². The summed E-state index contributed by atoms with van der Waals surface area (Å²) in [5.74, 6) is -4.74. The van der Waals surface area contributed by atoms with Crippen LogP contribution in [0, 0.1) is 13.8 Å². The fourth-order valence-corrected chi connectivity index (χ4v) is 1.47. The molecule has 0 aliphatic rings. The second kappa shape index (κ2) is 6.14. The Balaban J connectivity index is 2.60. The summed E-state index contributed by atoms with van der Waals surface area (Å²) in [7, 11) is 0. The molecule has 0 unspecified atom stereocenters. The molecule has 0 fully saturated rings. The van der Waals surface area contributed by atoms with Crippen LogP contribution in [-0.2, 0) is 4.74 Å². The Hall–Kier alpha value is -1.43. The van der Waals surface area contributed by atoms with Gasteiger partial charge in [-0.3, -0.25) is 4.79 Å². The molecule has 0 saturated carbocycles. The van der Waals surface area contributed by atoms with Gasteiger partial charge in [0.2, 0.25) is 0 Å². The molecule has 0 radical (unpaired) electrons. The summed E-state index contributed by atoms with van der Waals surface area (Å²) in [4.78, 5) is 11.7. The molecular weight excluding hydrogens is 264 g/mol. The van der Waals surface area contributed by atoms with Crippen LogP contribution in [0.25, 0.3) is 0 Å². The van der Waals surface area contributed by atoms with Gasteiger partial charge in [-0.15, -0.1) is 0 Å². The van der Waals surface area contributed by atoms with Crippen LogP contribution in [0.2, 0.25) is 0 Å². The molecule has 0 atom stereocenters. The Morgan fingerprint density at radius 1 is 1.32 bits per heavy atom. The monoisotopic (exact) mass is 278 g/mol. The van der Waals surface area contributed by atoms with Crippen LogP contribution in [-0.4, -0.2) is 31.3 Å². The number of carbonyl (C=O) groups excluding carboxylic acids is 1. The molecule has 0 aliphatic heterocycles. The van der Waals surface area contributed by atoms with Gasteiger partial charge in [-0.2, -0.15) is 8.78 Å². The molecule has 1 aromatic rings. The minimum Gasteiger partial charge on any atom is -0.367 e. The molecule has 6 heteroatoms. The number of rotatable bonds is 6. The standard InChI is InChI=1S/C13H14F4O2/c1-8-4-3-5-10(9(8)2)11(18)6-19-7-13(16,17)12(14)15/h3-5,12H,6-7H2,1-2H3. The number of aryl methyl sites for hydroxylation is 1. The first-order valence-electron chi connectivity index (χ1n) is 5.59. The van der Waals surface area contributed by atoms with Crippen molar-refractivity contribution in [2.75, 3.05) is 13.2 Å². The van der Waals surface area contributed by atoms with Gasteiger partial charge in [0.05, 0.1) is 0 Å². The van der Waals surface area contributed by atoms with E-state index in [4.69, 9.17) is 0 Å².